The van der Waals surface area contributed by atoms with Gasteiger partial charge in [-0.25, -0.2) is 0 Å². The maximum atomic E-state index is 6.32. The van der Waals surface area contributed by atoms with Crippen LogP contribution in [0.25, 0.3) is 0 Å². The van der Waals surface area contributed by atoms with Gasteiger partial charge in [-0.15, -0.1) is 0 Å². The average molecular weight is 265 g/mol. The minimum Gasteiger partial charge on any atom is -0.380 e. The molecule has 1 aromatic heterocycles. The number of rotatable bonds is 9. The maximum absolute atomic E-state index is 6.32. The van der Waals surface area contributed by atoms with E-state index in [0.717, 1.165) is 32.7 Å². The molecule has 0 amide bonds. The third-order valence-corrected chi connectivity index (χ3v) is 3.43. The molecule has 2 unspecified atom stereocenters. The fourth-order valence-electron chi connectivity index (χ4n) is 2.32. The van der Waals surface area contributed by atoms with Crippen molar-refractivity contribution in [1.82, 2.24) is 9.88 Å². The van der Waals surface area contributed by atoms with Gasteiger partial charge in [0.1, 0.15) is 0 Å². The summed E-state index contributed by atoms with van der Waals surface area (Å²) in [5.41, 5.74) is 7.51. The molecule has 0 radical (unpaired) electrons. The van der Waals surface area contributed by atoms with Crippen LogP contribution < -0.4 is 5.73 Å². The normalized spacial score (nSPS) is 14.6. The van der Waals surface area contributed by atoms with E-state index in [1.807, 2.05) is 19.2 Å². The van der Waals surface area contributed by atoms with Gasteiger partial charge in [0.05, 0.1) is 12.6 Å². The van der Waals surface area contributed by atoms with Gasteiger partial charge in [-0.05, 0) is 31.5 Å². The molecule has 0 aliphatic rings. The molecule has 0 bridgehead atoms. The smallest absolute Gasteiger partial charge is 0.0593 e. The summed E-state index contributed by atoms with van der Waals surface area (Å²) in [4.78, 5) is 6.60. The van der Waals surface area contributed by atoms with Crippen LogP contribution in [0, 0.1) is 0 Å². The molecule has 0 saturated heterocycles. The summed E-state index contributed by atoms with van der Waals surface area (Å²) >= 11 is 0. The van der Waals surface area contributed by atoms with E-state index in [4.69, 9.17) is 10.5 Å². The Hall–Kier alpha value is -0.970. The van der Waals surface area contributed by atoms with Crippen LogP contribution in [-0.2, 0) is 4.74 Å². The van der Waals surface area contributed by atoms with Crippen LogP contribution in [0.1, 0.15) is 38.8 Å². The highest BCUT2D eigenvalue weighted by atomic mass is 16.5. The fourth-order valence-corrected chi connectivity index (χ4v) is 2.32. The van der Waals surface area contributed by atoms with Crippen molar-refractivity contribution in [1.29, 1.82) is 0 Å². The number of nitrogens with two attached hydrogens (primary N) is 1. The Morgan fingerprint density at radius 2 is 2.16 bits per heavy atom. The van der Waals surface area contributed by atoms with Crippen LogP contribution in [0.4, 0.5) is 0 Å². The van der Waals surface area contributed by atoms with Crippen molar-refractivity contribution >= 4 is 0 Å². The third kappa shape index (κ3) is 4.90. The standard InChI is InChI=1S/C15H27N3O/c1-4-14(16)15(13-8-7-9-17-12-13)18(5-2)10-11-19-6-3/h7-9,12,14-15H,4-6,10-11,16H2,1-3H3. The Bertz CT molecular complexity index is 331. The Kier molecular flexibility index (Phi) is 7.63. The molecule has 1 rings (SSSR count). The van der Waals surface area contributed by atoms with Crippen LogP contribution in [-0.4, -0.2) is 42.2 Å². The molecule has 1 heterocycles. The van der Waals surface area contributed by atoms with Gasteiger partial charge < -0.3 is 10.5 Å². The molecule has 0 fully saturated rings. The van der Waals surface area contributed by atoms with Crippen LogP contribution >= 0.6 is 0 Å². The predicted octanol–water partition coefficient (Wildman–Crippen LogP) is 2.22. The molecule has 0 aromatic carbocycles. The minimum absolute atomic E-state index is 0.116. The lowest BCUT2D eigenvalue weighted by Crippen LogP contribution is -2.42. The first kappa shape index (κ1) is 16.1. The zero-order valence-electron chi connectivity index (χ0n) is 12.4. The number of pyridine rings is 1. The summed E-state index contributed by atoms with van der Waals surface area (Å²) < 4.78 is 5.47. The lowest BCUT2D eigenvalue weighted by Gasteiger charge is -2.34. The number of ether oxygens (including phenoxy) is 1. The summed E-state index contributed by atoms with van der Waals surface area (Å²) in [6, 6.07) is 4.41. The number of nitrogens with zero attached hydrogens (tertiary/aromatic N) is 2. The van der Waals surface area contributed by atoms with Crippen LogP contribution in [0.15, 0.2) is 24.5 Å². The molecule has 0 aliphatic heterocycles. The Balaban J connectivity index is 2.82. The number of likely N-dealkylation sites (N-methyl/N-ethyl adjacent to an activating group) is 1. The van der Waals surface area contributed by atoms with Crippen molar-refractivity contribution in [3.63, 3.8) is 0 Å². The molecule has 0 aliphatic carbocycles. The van der Waals surface area contributed by atoms with Crippen molar-refractivity contribution in [2.24, 2.45) is 5.73 Å². The van der Waals surface area contributed by atoms with Gasteiger partial charge in [0, 0.05) is 31.6 Å². The summed E-state index contributed by atoms with van der Waals surface area (Å²) in [7, 11) is 0. The predicted molar refractivity (Wildman–Crippen MR) is 79.0 cm³/mol. The van der Waals surface area contributed by atoms with Gasteiger partial charge >= 0.3 is 0 Å². The molecule has 2 atom stereocenters. The van der Waals surface area contributed by atoms with E-state index in [0.29, 0.717) is 0 Å². The van der Waals surface area contributed by atoms with E-state index in [1.54, 1.807) is 6.20 Å². The largest absolute Gasteiger partial charge is 0.380 e. The first-order chi connectivity index (χ1) is 9.24. The molecule has 1 aromatic rings. The molecule has 0 spiro atoms. The Morgan fingerprint density at radius 1 is 1.37 bits per heavy atom. The summed E-state index contributed by atoms with van der Waals surface area (Å²) in [5, 5.41) is 0. The molecular formula is C15H27N3O. The SMILES string of the molecule is CCOCCN(CC)C(c1cccnc1)C(N)CC. The average Bonchev–Trinajstić information content (AvgIpc) is 2.47. The Labute approximate surface area is 117 Å². The topological polar surface area (TPSA) is 51.4 Å². The highest BCUT2D eigenvalue weighted by molar-refractivity contribution is 5.16. The molecule has 2 N–H and O–H groups in total. The monoisotopic (exact) mass is 265 g/mol. The van der Waals surface area contributed by atoms with E-state index in [1.165, 1.54) is 5.56 Å². The molecule has 4 nitrogen and oxygen atoms in total. The van der Waals surface area contributed by atoms with Gasteiger partial charge in [0.15, 0.2) is 0 Å². The van der Waals surface area contributed by atoms with Gasteiger partial charge in [-0.3, -0.25) is 9.88 Å². The van der Waals surface area contributed by atoms with Gasteiger partial charge in [0.25, 0.3) is 0 Å². The van der Waals surface area contributed by atoms with Crippen molar-refractivity contribution in [3.8, 4) is 0 Å². The van der Waals surface area contributed by atoms with Crippen molar-refractivity contribution < 1.29 is 4.74 Å². The van der Waals surface area contributed by atoms with Crippen molar-refractivity contribution in [2.45, 2.75) is 39.3 Å². The quantitative estimate of drug-likeness (QED) is 0.696. The summed E-state index contributed by atoms with van der Waals surface area (Å²) in [5.74, 6) is 0. The first-order valence-corrected chi connectivity index (χ1v) is 7.21. The van der Waals surface area contributed by atoms with Gasteiger partial charge in [0.2, 0.25) is 0 Å². The lowest BCUT2D eigenvalue weighted by molar-refractivity contribution is 0.0887. The molecule has 19 heavy (non-hydrogen) atoms. The van der Waals surface area contributed by atoms with E-state index in [9.17, 15) is 0 Å². The van der Waals surface area contributed by atoms with Crippen LogP contribution in [0.5, 0.6) is 0 Å². The molecule has 0 saturated carbocycles. The number of aromatic nitrogens is 1. The minimum atomic E-state index is 0.116. The third-order valence-electron chi connectivity index (χ3n) is 3.43. The van der Waals surface area contributed by atoms with Crippen molar-refractivity contribution in [2.75, 3.05) is 26.3 Å². The van der Waals surface area contributed by atoms with Gasteiger partial charge in [-0.1, -0.05) is 19.9 Å². The highest BCUT2D eigenvalue weighted by Gasteiger charge is 2.24. The van der Waals surface area contributed by atoms with Crippen LogP contribution in [0.2, 0.25) is 0 Å². The lowest BCUT2D eigenvalue weighted by atomic mass is 9.97. The Morgan fingerprint density at radius 3 is 2.68 bits per heavy atom. The molecular weight excluding hydrogens is 238 g/mol. The van der Waals surface area contributed by atoms with E-state index >= 15 is 0 Å². The second-order valence-corrected chi connectivity index (χ2v) is 4.63. The number of hydrogen-bond donors (Lipinski definition) is 1. The number of hydrogen-bond acceptors (Lipinski definition) is 4. The summed E-state index contributed by atoms with van der Waals surface area (Å²) in [6.45, 7) is 9.68. The second kappa shape index (κ2) is 9.02. The maximum Gasteiger partial charge on any atom is 0.0593 e. The van der Waals surface area contributed by atoms with E-state index in [2.05, 4.69) is 29.8 Å². The van der Waals surface area contributed by atoms with E-state index < -0.39 is 0 Å². The van der Waals surface area contributed by atoms with Crippen LogP contribution in [0.3, 0.4) is 0 Å². The summed E-state index contributed by atoms with van der Waals surface area (Å²) in [6.07, 6.45) is 4.67. The zero-order chi connectivity index (χ0) is 14.1. The van der Waals surface area contributed by atoms with Gasteiger partial charge in [-0.2, -0.15) is 0 Å². The molecule has 4 heteroatoms. The highest BCUT2D eigenvalue weighted by Crippen LogP contribution is 2.24. The second-order valence-electron chi connectivity index (χ2n) is 4.63. The fraction of sp³-hybridized carbons (Fsp3) is 0.667. The van der Waals surface area contributed by atoms with Crippen molar-refractivity contribution in [3.05, 3.63) is 30.1 Å². The first-order valence-electron chi connectivity index (χ1n) is 7.21. The zero-order valence-corrected chi connectivity index (χ0v) is 12.4. The molecule has 108 valence electrons. The van der Waals surface area contributed by atoms with E-state index in [-0.39, 0.29) is 12.1 Å².